The molecule has 1 heterocycles. The second-order valence-electron chi connectivity index (χ2n) is 4.15. The fourth-order valence-electron chi connectivity index (χ4n) is 2.00. The average Bonchev–Trinajstić information content (AvgIpc) is 2.66. The van der Waals surface area contributed by atoms with Crippen LogP contribution >= 0.6 is 23.5 Å². The number of rotatable bonds is 5. The van der Waals surface area contributed by atoms with E-state index in [0.717, 1.165) is 6.54 Å². The van der Waals surface area contributed by atoms with Crippen molar-refractivity contribution in [2.24, 2.45) is 5.73 Å². The first kappa shape index (κ1) is 12.7. The maximum absolute atomic E-state index is 5.94. The first-order valence-corrected chi connectivity index (χ1v) is 7.71. The van der Waals surface area contributed by atoms with Crippen LogP contribution in [-0.4, -0.2) is 53.6 Å². The van der Waals surface area contributed by atoms with Gasteiger partial charge < -0.3 is 5.73 Å². The average molecular weight is 234 g/mol. The van der Waals surface area contributed by atoms with Gasteiger partial charge in [-0.1, -0.05) is 0 Å². The van der Waals surface area contributed by atoms with Gasteiger partial charge in [0.25, 0.3) is 0 Å². The molecule has 0 amide bonds. The molecule has 14 heavy (non-hydrogen) atoms. The van der Waals surface area contributed by atoms with Crippen LogP contribution in [0.15, 0.2) is 0 Å². The Labute approximate surface area is 96.4 Å². The molecule has 0 bridgehead atoms. The lowest BCUT2D eigenvalue weighted by atomic mass is 9.96. The van der Waals surface area contributed by atoms with Gasteiger partial charge in [0, 0.05) is 29.6 Å². The zero-order chi connectivity index (χ0) is 10.6. The van der Waals surface area contributed by atoms with Crippen molar-refractivity contribution in [3.63, 3.8) is 0 Å². The quantitative estimate of drug-likeness (QED) is 0.781. The molecule has 84 valence electrons. The zero-order valence-electron chi connectivity index (χ0n) is 9.45. The number of nitrogens with zero attached hydrogens (tertiary/aromatic N) is 1. The summed E-state index contributed by atoms with van der Waals surface area (Å²) >= 11 is 3.96. The van der Waals surface area contributed by atoms with E-state index >= 15 is 0 Å². The van der Waals surface area contributed by atoms with Gasteiger partial charge in [-0.25, -0.2) is 0 Å². The molecule has 0 radical (unpaired) electrons. The van der Waals surface area contributed by atoms with Crippen molar-refractivity contribution in [3.8, 4) is 0 Å². The van der Waals surface area contributed by atoms with Gasteiger partial charge in [-0.15, -0.1) is 0 Å². The fourth-order valence-corrected chi connectivity index (χ4v) is 4.22. The lowest BCUT2D eigenvalue weighted by Crippen LogP contribution is -2.56. The smallest absolute Gasteiger partial charge is 0.0429 e. The minimum Gasteiger partial charge on any atom is -0.329 e. The van der Waals surface area contributed by atoms with Crippen molar-refractivity contribution in [2.45, 2.75) is 24.9 Å². The summed E-state index contributed by atoms with van der Waals surface area (Å²) in [4.78, 5) is 2.50. The summed E-state index contributed by atoms with van der Waals surface area (Å²) < 4.78 is 0. The summed E-state index contributed by atoms with van der Waals surface area (Å²) in [6.07, 6.45) is 3.42. The maximum atomic E-state index is 5.94. The Kier molecular flexibility index (Phi) is 5.11. The van der Waals surface area contributed by atoms with E-state index in [2.05, 4.69) is 25.1 Å². The molecule has 0 saturated carbocycles. The Morgan fingerprint density at radius 1 is 1.64 bits per heavy atom. The van der Waals surface area contributed by atoms with E-state index in [-0.39, 0.29) is 5.54 Å². The standard InChI is InChI=1S/C10H22N2S2/c1-9(6-13-3)12(2)10(7-11)4-5-14-8-10/h9H,4-8,11H2,1-3H3. The van der Waals surface area contributed by atoms with E-state index < -0.39 is 0 Å². The van der Waals surface area contributed by atoms with Crippen LogP contribution in [0.4, 0.5) is 0 Å². The van der Waals surface area contributed by atoms with Gasteiger partial charge in [0.05, 0.1) is 0 Å². The van der Waals surface area contributed by atoms with Crippen LogP contribution in [0.25, 0.3) is 0 Å². The van der Waals surface area contributed by atoms with Gasteiger partial charge in [0.2, 0.25) is 0 Å². The van der Waals surface area contributed by atoms with Gasteiger partial charge in [-0.3, -0.25) is 4.90 Å². The molecule has 0 spiro atoms. The van der Waals surface area contributed by atoms with Gasteiger partial charge in [0.15, 0.2) is 0 Å². The van der Waals surface area contributed by atoms with Crippen molar-refractivity contribution in [2.75, 3.05) is 37.1 Å². The van der Waals surface area contributed by atoms with Crippen LogP contribution in [0.3, 0.4) is 0 Å². The highest BCUT2D eigenvalue weighted by molar-refractivity contribution is 7.99. The van der Waals surface area contributed by atoms with Crippen LogP contribution in [0.5, 0.6) is 0 Å². The predicted molar refractivity (Wildman–Crippen MR) is 69.3 cm³/mol. The van der Waals surface area contributed by atoms with Crippen LogP contribution in [0.1, 0.15) is 13.3 Å². The Bertz CT molecular complexity index is 170. The molecule has 2 unspecified atom stereocenters. The second-order valence-corrected chi connectivity index (χ2v) is 6.16. The summed E-state index contributed by atoms with van der Waals surface area (Å²) in [6, 6.07) is 0.632. The summed E-state index contributed by atoms with van der Waals surface area (Å²) in [6.45, 7) is 3.10. The molecule has 0 aromatic heterocycles. The summed E-state index contributed by atoms with van der Waals surface area (Å²) in [5.74, 6) is 3.68. The first-order valence-electron chi connectivity index (χ1n) is 5.16. The SMILES string of the molecule is CSCC(C)N(C)C1(CN)CCSC1. The van der Waals surface area contributed by atoms with E-state index in [4.69, 9.17) is 5.73 Å². The summed E-state index contributed by atoms with van der Waals surface area (Å²) in [5, 5.41) is 0. The van der Waals surface area contributed by atoms with Crippen LogP contribution < -0.4 is 5.73 Å². The highest BCUT2D eigenvalue weighted by atomic mass is 32.2. The van der Waals surface area contributed by atoms with Gasteiger partial charge in [0.1, 0.15) is 0 Å². The molecular formula is C10H22N2S2. The molecule has 1 fully saturated rings. The van der Waals surface area contributed by atoms with Crippen molar-refractivity contribution in [1.82, 2.24) is 4.90 Å². The molecule has 0 aromatic rings. The topological polar surface area (TPSA) is 29.3 Å². The van der Waals surface area contributed by atoms with E-state index in [0.29, 0.717) is 6.04 Å². The molecule has 1 saturated heterocycles. The van der Waals surface area contributed by atoms with Crippen LogP contribution in [-0.2, 0) is 0 Å². The van der Waals surface area contributed by atoms with E-state index in [1.54, 1.807) is 0 Å². The number of hydrogen-bond acceptors (Lipinski definition) is 4. The molecule has 2 atom stereocenters. The molecular weight excluding hydrogens is 212 g/mol. The largest absolute Gasteiger partial charge is 0.329 e. The van der Waals surface area contributed by atoms with Crippen LogP contribution in [0.2, 0.25) is 0 Å². The molecule has 1 aliphatic heterocycles. The first-order chi connectivity index (χ1) is 6.66. The Morgan fingerprint density at radius 2 is 2.36 bits per heavy atom. The molecule has 1 rings (SSSR count). The van der Waals surface area contributed by atoms with Crippen molar-refractivity contribution < 1.29 is 0 Å². The molecule has 4 heteroatoms. The maximum Gasteiger partial charge on any atom is 0.0429 e. The van der Waals surface area contributed by atoms with Crippen molar-refractivity contribution in [1.29, 1.82) is 0 Å². The van der Waals surface area contributed by atoms with Crippen molar-refractivity contribution >= 4 is 23.5 Å². The van der Waals surface area contributed by atoms with Crippen LogP contribution in [0, 0.1) is 0 Å². The summed E-state index contributed by atoms with van der Waals surface area (Å²) in [7, 11) is 2.24. The van der Waals surface area contributed by atoms with Gasteiger partial charge in [-0.2, -0.15) is 23.5 Å². The number of thioether (sulfide) groups is 2. The summed E-state index contributed by atoms with van der Waals surface area (Å²) in [5.41, 5.74) is 6.22. The van der Waals surface area contributed by atoms with Crippen molar-refractivity contribution in [3.05, 3.63) is 0 Å². The lowest BCUT2D eigenvalue weighted by Gasteiger charge is -2.41. The van der Waals surface area contributed by atoms with E-state index in [9.17, 15) is 0 Å². The van der Waals surface area contributed by atoms with Gasteiger partial charge >= 0.3 is 0 Å². The molecule has 0 aromatic carbocycles. The fraction of sp³-hybridized carbons (Fsp3) is 1.00. The predicted octanol–water partition coefficient (Wildman–Crippen LogP) is 1.50. The monoisotopic (exact) mass is 234 g/mol. The number of nitrogens with two attached hydrogens (primary N) is 1. The Hall–Kier alpha value is 0.620. The Balaban J connectivity index is 2.59. The highest BCUT2D eigenvalue weighted by Gasteiger charge is 2.38. The normalized spacial score (nSPS) is 29.8. The van der Waals surface area contributed by atoms with E-state index in [1.165, 1.54) is 23.7 Å². The minimum absolute atomic E-state index is 0.278. The third-order valence-electron chi connectivity index (χ3n) is 3.28. The zero-order valence-corrected chi connectivity index (χ0v) is 11.1. The number of likely N-dealkylation sites (N-methyl/N-ethyl adjacent to an activating group) is 1. The second kappa shape index (κ2) is 5.64. The molecule has 2 nitrogen and oxygen atoms in total. The molecule has 0 aliphatic carbocycles. The lowest BCUT2D eigenvalue weighted by molar-refractivity contribution is 0.117. The molecule has 1 aliphatic rings. The number of hydrogen-bond donors (Lipinski definition) is 1. The third-order valence-corrected chi connectivity index (χ3v) is 5.33. The molecule has 2 N–H and O–H groups in total. The minimum atomic E-state index is 0.278. The van der Waals surface area contributed by atoms with E-state index in [1.807, 2.05) is 23.5 Å². The van der Waals surface area contributed by atoms with Gasteiger partial charge in [-0.05, 0) is 32.4 Å². The highest BCUT2D eigenvalue weighted by Crippen LogP contribution is 2.33. The Morgan fingerprint density at radius 3 is 2.79 bits per heavy atom. The third kappa shape index (κ3) is 2.60.